The molecule has 0 bridgehead atoms. The highest BCUT2D eigenvalue weighted by atomic mass is 16.1. The fourth-order valence-electron chi connectivity index (χ4n) is 2.41. The maximum Gasteiger partial charge on any atom is 0.254 e. The molecule has 2 N–H and O–H groups in total. The number of piperidine rings is 1. The van der Waals surface area contributed by atoms with E-state index in [1.54, 1.807) is 17.1 Å². The second-order valence-corrected chi connectivity index (χ2v) is 4.39. The minimum atomic E-state index is 0.00231. The van der Waals surface area contributed by atoms with Crippen LogP contribution in [0.3, 0.4) is 0 Å². The molecule has 1 saturated heterocycles. The first-order valence-electron chi connectivity index (χ1n) is 5.26. The van der Waals surface area contributed by atoms with Crippen LogP contribution < -0.4 is 10.6 Å². The van der Waals surface area contributed by atoms with E-state index >= 15 is 0 Å². The molecule has 1 aromatic rings. The first-order chi connectivity index (χ1) is 7.25. The van der Waals surface area contributed by atoms with Crippen LogP contribution in [0, 0.1) is 11.8 Å². The number of rotatable bonds is 2. The van der Waals surface area contributed by atoms with Crippen LogP contribution in [0.1, 0.15) is 10.4 Å². The van der Waals surface area contributed by atoms with Crippen LogP contribution in [0.15, 0.2) is 12.4 Å². The van der Waals surface area contributed by atoms with Gasteiger partial charge in [-0.05, 0) is 11.8 Å². The highest BCUT2D eigenvalue weighted by Gasteiger charge is 2.53. The number of fused-ring (bicyclic) bond motifs is 1. The highest BCUT2D eigenvalue weighted by molar-refractivity contribution is 5.94. The van der Waals surface area contributed by atoms with E-state index in [1.165, 1.54) is 0 Å². The Morgan fingerprint density at radius 3 is 2.93 bits per heavy atom. The molecule has 5 nitrogen and oxygen atoms in total. The Kier molecular flexibility index (Phi) is 1.82. The summed E-state index contributed by atoms with van der Waals surface area (Å²) in [6.45, 7) is 2.09. The van der Waals surface area contributed by atoms with E-state index in [1.807, 2.05) is 7.05 Å². The van der Waals surface area contributed by atoms with E-state index in [2.05, 4.69) is 15.7 Å². The Morgan fingerprint density at radius 2 is 2.33 bits per heavy atom. The average Bonchev–Trinajstić information content (AvgIpc) is 2.66. The Balaban J connectivity index is 1.62. The second kappa shape index (κ2) is 3.06. The summed E-state index contributed by atoms with van der Waals surface area (Å²) in [5.74, 6) is 1.32. The van der Waals surface area contributed by atoms with E-state index in [9.17, 15) is 4.79 Å². The third kappa shape index (κ3) is 1.43. The summed E-state index contributed by atoms with van der Waals surface area (Å²) in [5, 5.41) is 10.3. The first kappa shape index (κ1) is 8.91. The smallest absolute Gasteiger partial charge is 0.254 e. The normalized spacial score (nSPS) is 32.5. The fourth-order valence-corrected chi connectivity index (χ4v) is 2.41. The van der Waals surface area contributed by atoms with Crippen LogP contribution in [0.25, 0.3) is 0 Å². The monoisotopic (exact) mass is 206 g/mol. The van der Waals surface area contributed by atoms with E-state index < -0.39 is 0 Å². The van der Waals surface area contributed by atoms with Crippen LogP contribution in [0.5, 0.6) is 0 Å². The van der Waals surface area contributed by atoms with Crippen molar-refractivity contribution in [3.63, 3.8) is 0 Å². The molecule has 2 fully saturated rings. The van der Waals surface area contributed by atoms with Crippen molar-refractivity contribution >= 4 is 5.91 Å². The predicted octanol–water partition coefficient (Wildman–Crippen LogP) is -0.632. The summed E-state index contributed by atoms with van der Waals surface area (Å²) in [6, 6.07) is 0.388. The second-order valence-electron chi connectivity index (χ2n) is 4.39. The van der Waals surface area contributed by atoms with E-state index in [0.717, 1.165) is 13.1 Å². The molecule has 15 heavy (non-hydrogen) atoms. The van der Waals surface area contributed by atoms with Crippen LogP contribution in [-0.4, -0.2) is 34.8 Å². The van der Waals surface area contributed by atoms with E-state index in [-0.39, 0.29) is 5.91 Å². The molecule has 2 aliphatic rings. The Labute approximate surface area is 87.8 Å². The molecular weight excluding hydrogens is 192 g/mol. The summed E-state index contributed by atoms with van der Waals surface area (Å²) in [7, 11) is 1.81. The topological polar surface area (TPSA) is 59.0 Å². The minimum absolute atomic E-state index is 0.00231. The lowest BCUT2D eigenvalue weighted by Crippen LogP contribution is -2.32. The van der Waals surface area contributed by atoms with Crippen molar-refractivity contribution in [2.75, 3.05) is 13.1 Å². The van der Waals surface area contributed by atoms with Gasteiger partial charge in [0.25, 0.3) is 5.91 Å². The Morgan fingerprint density at radius 1 is 1.60 bits per heavy atom. The molecule has 1 aliphatic carbocycles. The number of hydrogen-bond donors (Lipinski definition) is 2. The van der Waals surface area contributed by atoms with Crippen LogP contribution in [0.2, 0.25) is 0 Å². The number of aryl methyl sites for hydroxylation is 1. The quantitative estimate of drug-likeness (QED) is 0.677. The van der Waals surface area contributed by atoms with Crippen LogP contribution in [0.4, 0.5) is 0 Å². The Hall–Kier alpha value is -1.36. The van der Waals surface area contributed by atoms with Crippen LogP contribution in [-0.2, 0) is 7.05 Å². The van der Waals surface area contributed by atoms with Gasteiger partial charge in [-0.15, -0.1) is 0 Å². The predicted molar refractivity (Wildman–Crippen MR) is 54.3 cm³/mol. The lowest BCUT2D eigenvalue weighted by atomic mass is 10.3. The SMILES string of the molecule is Cn1cc(C(=O)NC2C3CNCC32)cn1. The lowest BCUT2D eigenvalue weighted by molar-refractivity contribution is 0.0946. The third-order valence-electron chi connectivity index (χ3n) is 3.36. The summed E-state index contributed by atoms with van der Waals surface area (Å²) < 4.78 is 1.64. The van der Waals surface area contributed by atoms with Crippen molar-refractivity contribution in [2.45, 2.75) is 6.04 Å². The zero-order chi connectivity index (χ0) is 10.4. The molecule has 0 radical (unpaired) electrons. The molecule has 3 rings (SSSR count). The zero-order valence-electron chi connectivity index (χ0n) is 8.60. The molecule has 80 valence electrons. The van der Waals surface area contributed by atoms with E-state index in [4.69, 9.17) is 0 Å². The number of hydrogen-bond acceptors (Lipinski definition) is 3. The van der Waals surface area contributed by atoms with Crippen molar-refractivity contribution < 1.29 is 4.79 Å². The minimum Gasteiger partial charge on any atom is -0.349 e. The van der Waals surface area contributed by atoms with Gasteiger partial charge in [0.1, 0.15) is 0 Å². The van der Waals surface area contributed by atoms with Gasteiger partial charge in [-0.3, -0.25) is 9.48 Å². The number of nitrogens with one attached hydrogen (secondary N) is 2. The van der Waals surface area contributed by atoms with Gasteiger partial charge in [-0.2, -0.15) is 5.10 Å². The molecule has 0 aromatic carbocycles. The zero-order valence-corrected chi connectivity index (χ0v) is 8.60. The lowest BCUT2D eigenvalue weighted by Gasteiger charge is -2.05. The first-order valence-corrected chi connectivity index (χ1v) is 5.26. The standard InChI is InChI=1S/C10H14N4O/c1-14-5-6(2-12-14)10(15)13-9-7-3-11-4-8(7)9/h2,5,7-9,11H,3-4H2,1H3,(H,13,15). The van der Waals surface area contributed by atoms with Crippen LogP contribution >= 0.6 is 0 Å². The average molecular weight is 206 g/mol. The fraction of sp³-hybridized carbons (Fsp3) is 0.600. The number of aromatic nitrogens is 2. The van der Waals surface area contributed by atoms with Crippen molar-refractivity contribution in [3.8, 4) is 0 Å². The van der Waals surface area contributed by atoms with Gasteiger partial charge in [0.15, 0.2) is 0 Å². The van der Waals surface area contributed by atoms with E-state index in [0.29, 0.717) is 23.4 Å². The van der Waals surface area contributed by atoms with Gasteiger partial charge in [0.05, 0.1) is 11.8 Å². The van der Waals surface area contributed by atoms with Gasteiger partial charge in [-0.1, -0.05) is 0 Å². The molecule has 1 saturated carbocycles. The van der Waals surface area contributed by atoms with Gasteiger partial charge in [0, 0.05) is 32.4 Å². The van der Waals surface area contributed by atoms with Gasteiger partial charge >= 0.3 is 0 Å². The van der Waals surface area contributed by atoms with Crippen molar-refractivity contribution in [1.82, 2.24) is 20.4 Å². The number of nitrogens with zero attached hydrogens (tertiary/aromatic N) is 2. The largest absolute Gasteiger partial charge is 0.349 e. The summed E-state index contributed by atoms with van der Waals surface area (Å²) in [5.41, 5.74) is 0.649. The van der Waals surface area contributed by atoms with Gasteiger partial charge in [-0.25, -0.2) is 0 Å². The maximum absolute atomic E-state index is 11.8. The molecule has 1 aliphatic heterocycles. The number of carbonyl (C=O) groups excluding carboxylic acids is 1. The molecular formula is C10H14N4O. The Bertz CT molecular complexity index is 390. The van der Waals surface area contributed by atoms with Gasteiger partial charge in [0.2, 0.25) is 0 Å². The molecule has 0 spiro atoms. The van der Waals surface area contributed by atoms with Crippen molar-refractivity contribution in [3.05, 3.63) is 18.0 Å². The maximum atomic E-state index is 11.8. The highest BCUT2D eigenvalue weighted by Crippen LogP contribution is 2.41. The van der Waals surface area contributed by atoms with Crippen molar-refractivity contribution in [2.24, 2.45) is 18.9 Å². The molecule has 5 heteroatoms. The number of carbonyl (C=O) groups is 1. The molecule has 1 aromatic heterocycles. The third-order valence-corrected chi connectivity index (χ3v) is 3.36. The van der Waals surface area contributed by atoms with Crippen molar-refractivity contribution in [1.29, 1.82) is 0 Å². The molecule has 2 atom stereocenters. The number of amides is 1. The molecule has 2 heterocycles. The van der Waals surface area contributed by atoms with Gasteiger partial charge < -0.3 is 10.6 Å². The molecule has 2 unspecified atom stereocenters. The summed E-state index contributed by atoms with van der Waals surface area (Å²) in [6.07, 6.45) is 3.34. The molecule has 1 amide bonds. The summed E-state index contributed by atoms with van der Waals surface area (Å²) in [4.78, 5) is 11.8. The summed E-state index contributed by atoms with van der Waals surface area (Å²) >= 11 is 0.